The molecule has 0 aliphatic carbocycles. The summed E-state index contributed by atoms with van der Waals surface area (Å²) < 4.78 is 0. The van der Waals surface area contributed by atoms with Crippen LogP contribution in [0.3, 0.4) is 0 Å². The van der Waals surface area contributed by atoms with Gasteiger partial charge in [-0.25, -0.2) is 0 Å². The third kappa shape index (κ3) is 5.71. The molecule has 2 rings (SSSR count). The summed E-state index contributed by atoms with van der Waals surface area (Å²) in [5.41, 5.74) is 0. The van der Waals surface area contributed by atoms with Gasteiger partial charge in [0.15, 0.2) is 0 Å². The van der Waals surface area contributed by atoms with E-state index in [9.17, 15) is 0 Å². The van der Waals surface area contributed by atoms with Crippen LogP contribution in [0.4, 0.5) is 0 Å². The third-order valence-corrected chi connectivity index (χ3v) is 3.78. The second-order valence-corrected chi connectivity index (χ2v) is 5.60. The molecule has 2 fully saturated rings. The Hall–Kier alpha value is -0.0800. The molecule has 0 radical (unpaired) electrons. The fourth-order valence-electron chi connectivity index (χ4n) is 3.22. The Morgan fingerprint density at radius 3 is 1.72 bits per heavy atom. The lowest BCUT2D eigenvalue weighted by Gasteiger charge is -2.38. The van der Waals surface area contributed by atoms with E-state index in [0.29, 0.717) is 0 Å². The maximum absolute atomic E-state index is 2.74. The van der Waals surface area contributed by atoms with Crippen molar-refractivity contribution in [2.45, 2.75) is 60.4 Å². The van der Waals surface area contributed by atoms with Gasteiger partial charge in [0.05, 0.1) is 0 Å². The van der Waals surface area contributed by atoms with Gasteiger partial charge in [0, 0.05) is 25.7 Å². The van der Waals surface area contributed by atoms with Crippen LogP contribution in [0.2, 0.25) is 0 Å². The smallest absolute Gasteiger partial charge is 0.0235 e. The van der Waals surface area contributed by atoms with Gasteiger partial charge in [-0.1, -0.05) is 41.5 Å². The van der Waals surface area contributed by atoms with Gasteiger partial charge in [0.2, 0.25) is 0 Å². The van der Waals surface area contributed by atoms with Crippen molar-refractivity contribution in [2.24, 2.45) is 11.8 Å². The van der Waals surface area contributed by atoms with Crippen LogP contribution in [0.15, 0.2) is 0 Å². The average molecular weight is 256 g/mol. The topological polar surface area (TPSA) is 6.48 Å². The van der Waals surface area contributed by atoms with Crippen LogP contribution in [0, 0.1) is 11.8 Å². The lowest BCUT2D eigenvalue weighted by atomic mass is 9.91. The molecular weight excluding hydrogens is 220 g/mol. The fraction of sp³-hybridized carbons (Fsp3) is 1.00. The highest BCUT2D eigenvalue weighted by atomic mass is 15.2. The molecule has 2 heteroatoms. The number of hydrogen-bond donors (Lipinski definition) is 0. The van der Waals surface area contributed by atoms with Gasteiger partial charge in [-0.3, -0.25) is 4.90 Å². The van der Waals surface area contributed by atoms with Crippen LogP contribution in [0.1, 0.15) is 54.4 Å². The first-order valence-electron chi connectivity index (χ1n) is 8.07. The standard InChI is InChI=1S/C12H24N2.2C2H6/c1-10-6-11(2)8-14(7-10)12-4-5-13(3)9-12;2*1-2/h10-12H,4-9H2,1-3H3;2*1-2H3. The van der Waals surface area contributed by atoms with Crippen LogP contribution in [0.25, 0.3) is 0 Å². The number of likely N-dealkylation sites (N-methyl/N-ethyl adjacent to an activating group) is 1. The fourth-order valence-corrected chi connectivity index (χ4v) is 3.22. The van der Waals surface area contributed by atoms with Crippen molar-refractivity contribution in [3.63, 3.8) is 0 Å². The molecule has 0 aromatic carbocycles. The average Bonchev–Trinajstić information content (AvgIpc) is 2.80. The maximum atomic E-state index is 2.74. The van der Waals surface area contributed by atoms with E-state index in [1.807, 2.05) is 27.7 Å². The number of likely N-dealkylation sites (tertiary alicyclic amines) is 2. The van der Waals surface area contributed by atoms with E-state index in [1.165, 1.54) is 39.0 Å². The minimum Gasteiger partial charge on any atom is -0.305 e. The van der Waals surface area contributed by atoms with Gasteiger partial charge >= 0.3 is 0 Å². The van der Waals surface area contributed by atoms with Crippen molar-refractivity contribution in [3.8, 4) is 0 Å². The number of rotatable bonds is 1. The maximum Gasteiger partial charge on any atom is 0.0235 e. The summed E-state index contributed by atoms with van der Waals surface area (Å²) in [7, 11) is 2.25. The van der Waals surface area contributed by atoms with Gasteiger partial charge in [0.25, 0.3) is 0 Å². The summed E-state index contributed by atoms with van der Waals surface area (Å²) in [4.78, 5) is 5.21. The first-order valence-corrected chi connectivity index (χ1v) is 8.07. The molecule has 2 nitrogen and oxygen atoms in total. The lowest BCUT2D eigenvalue weighted by Crippen LogP contribution is -2.46. The molecule has 2 heterocycles. The van der Waals surface area contributed by atoms with E-state index in [2.05, 4.69) is 30.7 Å². The molecule has 0 aromatic rings. The number of piperidine rings is 1. The highest BCUT2D eigenvalue weighted by molar-refractivity contribution is 4.86. The Bertz CT molecular complexity index is 184. The summed E-state index contributed by atoms with van der Waals surface area (Å²) in [5.74, 6) is 1.81. The van der Waals surface area contributed by atoms with Crippen molar-refractivity contribution in [1.82, 2.24) is 9.80 Å². The van der Waals surface area contributed by atoms with Crippen molar-refractivity contribution in [2.75, 3.05) is 33.2 Å². The first-order chi connectivity index (χ1) is 8.65. The van der Waals surface area contributed by atoms with Gasteiger partial charge in [-0.15, -0.1) is 0 Å². The molecule has 0 spiro atoms. The summed E-state index contributed by atoms with van der Waals surface area (Å²) in [6.45, 7) is 18.1. The molecule has 110 valence electrons. The largest absolute Gasteiger partial charge is 0.305 e. The van der Waals surface area contributed by atoms with Crippen molar-refractivity contribution < 1.29 is 0 Å². The highest BCUT2D eigenvalue weighted by Gasteiger charge is 2.30. The minimum absolute atomic E-state index is 0.852. The second-order valence-electron chi connectivity index (χ2n) is 5.60. The molecule has 2 aliphatic rings. The monoisotopic (exact) mass is 256 g/mol. The van der Waals surface area contributed by atoms with Gasteiger partial charge in [-0.2, -0.15) is 0 Å². The van der Waals surface area contributed by atoms with E-state index >= 15 is 0 Å². The van der Waals surface area contributed by atoms with E-state index in [0.717, 1.165) is 17.9 Å². The predicted molar refractivity (Wildman–Crippen MR) is 83.1 cm³/mol. The zero-order chi connectivity index (χ0) is 14.1. The third-order valence-electron chi connectivity index (χ3n) is 3.78. The molecule has 2 saturated heterocycles. The molecule has 0 aromatic heterocycles. The zero-order valence-corrected chi connectivity index (χ0v) is 13.9. The van der Waals surface area contributed by atoms with E-state index < -0.39 is 0 Å². The molecule has 3 unspecified atom stereocenters. The van der Waals surface area contributed by atoms with E-state index in [1.54, 1.807) is 0 Å². The normalized spacial score (nSPS) is 33.2. The van der Waals surface area contributed by atoms with Gasteiger partial charge in [0.1, 0.15) is 0 Å². The van der Waals surface area contributed by atoms with Crippen LogP contribution < -0.4 is 0 Å². The van der Waals surface area contributed by atoms with Crippen molar-refractivity contribution >= 4 is 0 Å². The zero-order valence-electron chi connectivity index (χ0n) is 13.9. The second kappa shape index (κ2) is 9.80. The Morgan fingerprint density at radius 1 is 0.833 bits per heavy atom. The van der Waals surface area contributed by atoms with Crippen molar-refractivity contribution in [1.29, 1.82) is 0 Å². The van der Waals surface area contributed by atoms with E-state index in [-0.39, 0.29) is 0 Å². The molecule has 0 saturated carbocycles. The molecule has 0 N–H and O–H groups in total. The molecule has 0 amide bonds. The predicted octanol–water partition coefficient (Wildman–Crippen LogP) is 3.72. The van der Waals surface area contributed by atoms with E-state index in [4.69, 9.17) is 0 Å². The van der Waals surface area contributed by atoms with Crippen LogP contribution in [-0.2, 0) is 0 Å². The summed E-state index contributed by atoms with van der Waals surface area (Å²) in [6, 6.07) is 0.852. The molecule has 0 bridgehead atoms. The van der Waals surface area contributed by atoms with Crippen molar-refractivity contribution in [3.05, 3.63) is 0 Å². The highest BCUT2D eigenvalue weighted by Crippen LogP contribution is 2.25. The first kappa shape index (κ1) is 17.9. The van der Waals surface area contributed by atoms with Crippen LogP contribution in [-0.4, -0.2) is 49.1 Å². The van der Waals surface area contributed by atoms with Gasteiger partial charge in [-0.05, 0) is 38.3 Å². The Kier molecular flexibility index (Phi) is 9.76. The quantitative estimate of drug-likeness (QED) is 0.705. The van der Waals surface area contributed by atoms with Gasteiger partial charge < -0.3 is 4.90 Å². The Morgan fingerprint density at radius 2 is 1.33 bits per heavy atom. The summed E-state index contributed by atoms with van der Waals surface area (Å²) in [5, 5.41) is 0. The molecule has 2 aliphatic heterocycles. The Labute approximate surface area is 116 Å². The molecule has 18 heavy (non-hydrogen) atoms. The summed E-state index contributed by atoms with van der Waals surface area (Å²) >= 11 is 0. The Balaban J connectivity index is 0.000000659. The number of hydrogen-bond acceptors (Lipinski definition) is 2. The summed E-state index contributed by atoms with van der Waals surface area (Å²) in [6.07, 6.45) is 2.81. The van der Waals surface area contributed by atoms with Crippen LogP contribution in [0.5, 0.6) is 0 Å². The lowest BCUT2D eigenvalue weighted by molar-refractivity contribution is 0.0989. The molecule has 3 atom stereocenters. The minimum atomic E-state index is 0.852. The SMILES string of the molecule is CC.CC.CC1CC(C)CN(C2CCN(C)C2)C1. The number of nitrogens with zero attached hydrogens (tertiary/aromatic N) is 2. The molecular formula is C16H36N2. The van der Waals surface area contributed by atoms with Crippen LogP contribution >= 0.6 is 0 Å².